The lowest BCUT2D eigenvalue weighted by atomic mass is 9.80. The third-order valence-electron chi connectivity index (χ3n) is 7.45. The number of carbonyl (C=O) groups is 1. The van der Waals surface area contributed by atoms with Crippen molar-refractivity contribution in [2.75, 3.05) is 17.7 Å². The van der Waals surface area contributed by atoms with Gasteiger partial charge in [0, 0.05) is 11.6 Å². The molecule has 0 bridgehead atoms. The molecule has 1 aliphatic heterocycles. The standard InChI is InChI=1S/C25H26N6O4/c1-25(10-17(20(33)21(25)34)31-7-5-15-22(26)27-12-28-24(15)31)6-4-13-2-3-14-9-18-23(29-16(14)8-13)30-19(32)11-35-18/h2-3,5,7-9,12,17,20-21,33-34H,4,6,10-11H2,1H3,(H2,26,27,28)(H,29,30,32)/t17-,20+,21+,25+/m1/s1. The van der Waals surface area contributed by atoms with Gasteiger partial charge in [-0.25, -0.2) is 15.0 Å². The Balaban J connectivity index is 1.23. The van der Waals surface area contributed by atoms with E-state index in [-0.39, 0.29) is 18.6 Å². The number of aliphatic hydroxyl groups is 2. The predicted molar refractivity (Wildman–Crippen MR) is 130 cm³/mol. The average Bonchev–Trinajstić information content (AvgIpc) is 3.37. The molecule has 5 N–H and O–H groups in total. The van der Waals surface area contributed by atoms with Crippen molar-refractivity contribution in [3.8, 4) is 5.75 Å². The summed E-state index contributed by atoms with van der Waals surface area (Å²) in [5.41, 5.74) is 7.94. The van der Waals surface area contributed by atoms with Crippen molar-refractivity contribution in [1.82, 2.24) is 19.5 Å². The van der Waals surface area contributed by atoms with E-state index < -0.39 is 17.6 Å². The smallest absolute Gasteiger partial charge is 0.263 e. The molecule has 0 radical (unpaired) electrons. The number of nitrogens with one attached hydrogen (secondary N) is 1. The van der Waals surface area contributed by atoms with Crippen molar-refractivity contribution in [2.24, 2.45) is 5.41 Å². The minimum Gasteiger partial charge on any atom is -0.480 e. The van der Waals surface area contributed by atoms with Crippen LogP contribution in [0.3, 0.4) is 0 Å². The van der Waals surface area contributed by atoms with Crippen molar-refractivity contribution in [3.05, 3.63) is 48.4 Å². The van der Waals surface area contributed by atoms with Crippen LogP contribution in [0.15, 0.2) is 42.9 Å². The highest BCUT2D eigenvalue weighted by atomic mass is 16.5. The number of pyridine rings is 1. The van der Waals surface area contributed by atoms with Gasteiger partial charge in [-0.05, 0) is 48.4 Å². The zero-order valence-corrected chi connectivity index (χ0v) is 19.2. The van der Waals surface area contributed by atoms with Gasteiger partial charge in [0.2, 0.25) is 0 Å². The van der Waals surface area contributed by atoms with Crippen molar-refractivity contribution >= 4 is 39.5 Å². The molecular formula is C25H26N6O4. The molecule has 0 unspecified atom stereocenters. The average molecular weight is 475 g/mol. The Bertz CT molecular complexity index is 1470. The quantitative estimate of drug-likeness (QED) is 0.352. The molecule has 4 heterocycles. The van der Waals surface area contributed by atoms with Gasteiger partial charge in [-0.1, -0.05) is 19.1 Å². The number of nitrogens with two attached hydrogens (primary N) is 1. The van der Waals surface area contributed by atoms with Gasteiger partial charge in [-0.2, -0.15) is 0 Å². The molecule has 1 amide bonds. The summed E-state index contributed by atoms with van der Waals surface area (Å²) in [4.78, 5) is 24.6. The molecule has 35 heavy (non-hydrogen) atoms. The number of aromatic nitrogens is 4. The number of fused-ring (bicyclic) bond motifs is 3. The predicted octanol–water partition coefficient (Wildman–Crippen LogP) is 2.20. The van der Waals surface area contributed by atoms with Gasteiger partial charge in [0.15, 0.2) is 18.2 Å². The van der Waals surface area contributed by atoms with E-state index in [1.54, 1.807) is 0 Å². The lowest BCUT2D eigenvalue weighted by Gasteiger charge is -2.28. The number of amides is 1. The number of aliphatic hydroxyl groups excluding tert-OH is 2. The van der Waals surface area contributed by atoms with Crippen LogP contribution < -0.4 is 15.8 Å². The van der Waals surface area contributed by atoms with Crippen LogP contribution in [-0.4, -0.2) is 54.5 Å². The maximum atomic E-state index is 11.6. The zero-order chi connectivity index (χ0) is 24.3. The maximum absolute atomic E-state index is 11.6. The highest BCUT2D eigenvalue weighted by molar-refractivity contribution is 5.96. The largest absolute Gasteiger partial charge is 0.480 e. The lowest BCUT2D eigenvalue weighted by molar-refractivity contribution is -0.118. The number of aryl methyl sites for hydroxylation is 1. The number of anilines is 2. The maximum Gasteiger partial charge on any atom is 0.263 e. The van der Waals surface area contributed by atoms with Crippen LogP contribution in [0.1, 0.15) is 31.4 Å². The Kier molecular flexibility index (Phi) is 4.90. The first kappa shape index (κ1) is 21.8. The summed E-state index contributed by atoms with van der Waals surface area (Å²) >= 11 is 0. The number of carbonyl (C=O) groups excluding carboxylic acids is 1. The molecular weight excluding hydrogens is 448 g/mol. The van der Waals surface area contributed by atoms with E-state index in [1.165, 1.54) is 6.33 Å². The SMILES string of the molecule is C[C@]1(CCc2ccc3cc4c(nc3c2)NC(=O)CO4)C[C@@H](n2ccc3c(N)ncnc32)[C@H](O)[C@@H]1O. The van der Waals surface area contributed by atoms with E-state index in [0.29, 0.717) is 42.3 Å². The summed E-state index contributed by atoms with van der Waals surface area (Å²) in [6.07, 6.45) is 3.40. The van der Waals surface area contributed by atoms with Crippen LogP contribution in [0.4, 0.5) is 11.6 Å². The first-order valence-corrected chi connectivity index (χ1v) is 11.6. The molecule has 10 nitrogen and oxygen atoms in total. The van der Waals surface area contributed by atoms with Gasteiger partial charge < -0.3 is 30.6 Å². The fraction of sp³-hybridized carbons (Fsp3) is 0.360. The molecule has 1 saturated carbocycles. The Morgan fingerprint density at radius 1 is 1.26 bits per heavy atom. The van der Waals surface area contributed by atoms with E-state index >= 15 is 0 Å². The van der Waals surface area contributed by atoms with Gasteiger partial charge in [0.25, 0.3) is 5.91 Å². The molecule has 10 heteroatoms. The van der Waals surface area contributed by atoms with E-state index in [2.05, 4.69) is 20.3 Å². The van der Waals surface area contributed by atoms with Gasteiger partial charge in [0.1, 0.15) is 23.9 Å². The van der Waals surface area contributed by atoms with E-state index in [4.69, 9.17) is 10.5 Å². The van der Waals surface area contributed by atoms with Gasteiger partial charge in [-0.15, -0.1) is 0 Å². The van der Waals surface area contributed by atoms with Gasteiger partial charge >= 0.3 is 0 Å². The second-order valence-electron chi connectivity index (χ2n) is 9.78. The Morgan fingerprint density at radius 3 is 2.97 bits per heavy atom. The number of benzene rings is 1. The summed E-state index contributed by atoms with van der Waals surface area (Å²) in [6.45, 7) is 2.00. The number of nitrogens with zero attached hydrogens (tertiary/aromatic N) is 4. The van der Waals surface area contributed by atoms with E-state index in [9.17, 15) is 15.0 Å². The number of hydrogen-bond donors (Lipinski definition) is 4. The fourth-order valence-corrected chi connectivity index (χ4v) is 5.40. The molecule has 0 saturated heterocycles. The van der Waals surface area contributed by atoms with Crippen LogP contribution in [0, 0.1) is 5.41 Å². The summed E-state index contributed by atoms with van der Waals surface area (Å²) in [7, 11) is 0. The molecule has 2 aliphatic rings. The molecule has 180 valence electrons. The van der Waals surface area contributed by atoms with Crippen molar-refractivity contribution < 1.29 is 19.7 Å². The molecule has 1 aromatic carbocycles. The minimum atomic E-state index is -0.930. The van der Waals surface area contributed by atoms with Crippen molar-refractivity contribution in [2.45, 2.75) is 44.4 Å². The number of rotatable bonds is 4. The first-order valence-electron chi connectivity index (χ1n) is 11.6. The number of nitrogen functional groups attached to an aromatic ring is 1. The number of hydrogen-bond acceptors (Lipinski definition) is 8. The molecule has 4 atom stereocenters. The Morgan fingerprint density at radius 2 is 2.11 bits per heavy atom. The van der Waals surface area contributed by atoms with E-state index in [1.807, 2.05) is 48.0 Å². The third-order valence-corrected chi connectivity index (χ3v) is 7.45. The highest BCUT2D eigenvalue weighted by Gasteiger charge is 2.50. The van der Waals surface area contributed by atoms with Gasteiger partial charge in [0.05, 0.1) is 23.0 Å². The van der Waals surface area contributed by atoms with Crippen LogP contribution in [0.5, 0.6) is 5.75 Å². The van der Waals surface area contributed by atoms with Crippen molar-refractivity contribution in [1.29, 1.82) is 0 Å². The first-order chi connectivity index (χ1) is 16.8. The van der Waals surface area contributed by atoms with Crippen LogP contribution in [0.2, 0.25) is 0 Å². The normalized spacial score (nSPS) is 26.0. The third kappa shape index (κ3) is 3.57. The second-order valence-corrected chi connectivity index (χ2v) is 9.78. The fourth-order valence-electron chi connectivity index (χ4n) is 5.40. The summed E-state index contributed by atoms with van der Waals surface area (Å²) in [5.74, 6) is 1.16. The lowest BCUT2D eigenvalue weighted by Crippen LogP contribution is -2.35. The second kappa shape index (κ2) is 7.89. The summed E-state index contributed by atoms with van der Waals surface area (Å²) < 4.78 is 7.35. The highest BCUT2D eigenvalue weighted by Crippen LogP contribution is 2.48. The molecule has 1 fully saturated rings. The number of ether oxygens (including phenoxy) is 1. The van der Waals surface area contributed by atoms with Crippen molar-refractivity contribution in [3.63, 3.8) is 0 Å². The molecule has 6 rings (SSSR count). The minimum absolute atomic E-state index is 0.00876. The molecule has 1 aliphatic carbocycles. The van der Waals surface area contributed by atoms with Crippen LogP contribution in [-0.2, 0) is 11.2 Å². The van der Waals surface area contributed by atoms with E-state index in [0.717, 1.165) is 21.9 Å². The summed E-state index contributed by atoms with van der Waals surface area (Å²) in [6, 6.07) is 9.41. The summed E-state index contributed by atoms with van der Waals surface area (Å²) in [5, 5.41) is 26.4. The Labute approximate surface area is 200 Å². The van der Waals surface area contributed by atoms with Crippen LogP contribution in [0.25, 0.3) is 21.9 Å². The van der Waals surface area contributed by atoms with Gasteiger partial charge in [-0.3, -0.25) is 4.79 Å². The molecule has 0 spiro atoms. The molecule has 3 aromatic heterocycles. The monoisotopic (exact) mass is 474 g/mol. The zero-order valence-electron chi connectivity index (χ0n) is 19.2. The topological polar surface area (TPSA) is 148 Å². The Hall–Kier alpha value is -3.76. The molecule has 4 aromatic rings. The van der Waals surface area contributed by atoms with Crippen LogP contribution >= 0.6 is 0 Å².